The second-order valence-electron chi connectivity index (χ2n) is 7.54. The maximum Gasteiger partial charge on any atom is 0.338 e. The van der Waals surface area contributed by atoms with Gasteiger partial charge in [-0.05, 0) is 37.7 Å². The van der Waals surface area contributed by atoms with Crippen molar-refractivity contribution in [2.24, 2.45) is 16.6 Å². The number of aliphatic imine (C=N–C) groups is 1. The van der Waals surface area contributed by atoms with Gasteiger partial charge >= 0.3 is 5.97 Å². The van der Waals surface area contributed by atoms with Crippen molar-refractivity contribution in [2.45, 2.75) is 37.8 Å². The van der Waals surface area contributed by atoms with Gasteiger partial charge in [0.15, 0.2) is 22.5 Å². The van der Waals surface area contributed by atoms with E-state index in [1.165, 1.54) is 24.5 Å². The van der Waals surface area contributed by atoms with Crippen LogP contribution >= 0.6 is 22.9 Å². The molecule has 1 aliphatic heterocycles. The van der Waals surface area contributed by atoms with Gasteiger partial charge in [-0.3, -0.25) is 4.99 Å². The summed E-state index contributed by atoms with van der Waals surface area (Å²) in [5.41, 5.74) is 7.12. The molecule has 0 amide bonds. The van der Waals surface area contributed by atoms with Gasteiger partial charge in [0.05, 0.1) is 17.7 Å². The van der Waals surface area contributed by atoms with Crippen LogP contribution in [0.3, 0.4) is 0 Å². The van der Waals surface area contributed by atoms with E-state index in [1.54, 1.807) is 11.6 Å². The quantitative estimate of drug-likeness (QED) is 0.523. The number of rotatable bonds is 4. The standard InChI is InChI=1S/C21H21ClF2N4O2S/c1-30-21(29)14-17(10-2-4-11(25)5-3-10)27-19(20-26-8-9-31-20)28-18(14)12-6-7-13(23)16(24)15(12)22/h6-11,18H,2-5,25H2,1H3,(H,27,28)/t10-,11-,18?. The highest BCUT2D eigenvalue weighted by Crippen LogP contribution is 2.41. The molecule has 10 heteroatoms. The van der Waals surface area contributed by atoms with Crippen LogP contribution in [0.25, 0.3) is 0 Å². The number of carbonyl (C=O) groups is 1. The molecule has 2 aromatic rings. The van der Waals surface area contributed by atoms with E-state index in [9.17, 15) is 13.6 Å². The first-order valence-corrected chi connectivity index (χ1v) is 11.1. The molecule has 0 saturated heterocycles. The van der Waals surface area contributed by atoms with Gasteiger partial charge in [-0.2, -0.15) is 0 Å². The third kappa shape index (κ3) is 4.22. The van der Waals surface area contributed by atoms with Crippen LogP contribution in [0.15, 0.2) is 40.0 Å². The number of esters is 1. The average Bonchev–Trinajstić information content (AvgIpc) is 3.32. The van der Waals surface area contributed by atoms with Gasteiger partial charge in [-0.1, -0.05) is 17.7 Å². The molecule has 4 rings (SSSR count). The maximum absolute atomic E-state index is 14.3. The third-order valence-electron chi connectivity index (χ3n) is 5.65. The molecule has 1 aromatic carbocycles. The van der Waals surface area contributed by atoms with Crippen LogP contribution < -0.4 is 11.1 Å². The average molecular weight is 467 g/mol. The van der Waals surface area contributed by atoms with Gasteiger partial charge in [0.25, 0.3) is 0 Å². The number of carbonyl (C=O) groups excluding carboxylic acids is 1. The molecule has 31 heavy (non-hydrogen) atoms. The number of aromatic nitrogens is 1. The topological polar surface area (TPSA) is 89.6 Å². The Morgan fingerprint density at radius 1 is 1.29 bits per heavy atom. The summed E-state index contributed by atoms with van der Waals surface area (Å²) in [6.45, 7) is 0. The summed E-state index contributed by atoms with van der Waals surface area (Å²) in [4.78, 5) is 21.8. The first kappa shape index (κ1) is 21.9. The Hall–Kier alpha value is -2.36. The van der Waals surface area contributed by atoms with Gasteiger partial charge in [0.1, 0.15) is 6.04 Å². The first-order valence-electron chi connectivity index (χ1n) is 9.86. The minimum atomic E-state index is -1.18. The van der Waals surface area contributed by atoms with Crippen molar-refractivity contribution in [1.29, 1.82) is 0 Å². The Morgan fingerprint density at radius 2 is 2.03 bits per heavy atom. The van der Waals surface area contributed by atoms with Gasteiger partial charge in [-0.25, -0.2) is 18.6 Å². The fourth-order valence-electron chi connectivity index (χ4n) is 4.06. The number of ether oxygens (including phenoxy) is 1. The molecule has 1 atom stereocenters. The number of allylic oxidation sites excluding steroid dienone is 1. The van der Waals surface area contributed by atoms with Crippen LogP contribution in [-0.4, -0.2) is 29.9 Å². The van der Waals surface area contributed by atoms with E-state index < -0.39 is 28.7 Å². The van der Waals surface area contributed by atoms with Gasteiger partial charge in [0, 0.05) is 28.9 Å². The summed E-state index contributed by atoms with van der Waals surface area (Å²) in [5, 5.41) is 5.27. The number of methoxy groups -OCH3 is 1. The van der Waals surface area contributed by atoms with E-state index in [-0.39, 0.29) is 23.1 Å². The second-order valence-corrected chi connectivity index (χ2v) is 8.81. The van der Waals surface area contributed by atoms with Crippen molar-refractivity contribution in [3.63, 3.8) is 0 Å². The molecule has 2 aliphatic rings. The predicted molar refractivity (Wildman–Crippen MR) is 115 cm³/mol. The van der Waals surface area contributed by atoms with Gasteiger partial charge < -0.3 is 15.8 Å². The molecule has 3 N–H and O–H groups in total. The molecule has 0 spiro atoms. The highest BCUT2D eigenvalue weighted by atomic mass is 35.5. The van der Waals surface area contributed by atoms with Crippen LogP contribution in [0.1, 0.15) is 42.3 Å². The number of benzene rings is 1. The lowest BCUT2D eigenvalue weighted by Crippen LogP contribution is -2.39. The van der Waals surface area contributed by atoms with Crippen molar-refractivity contribution in [3.8, 4) is 0 Å². The number of amidine groups is 1. The number of nitrogens with two attached hydrogens (primary N) is 1. The molecule has 2 heterocycles. The lowest BCUT2D eigenvalue weighted by atomic mass is 9.80. The Labute approximate surface area is 187 Å². The zero-order valence-electron chi connectivity index (χ0n) is 16.7. The first-order chi connectivity index (χ1) is 14.9. The fraction of sp³-hybridized carbons (Fsp3) is 0.381. The highest BCUT2D eigenvalue weighted by Gasteiger charge is 2.38. The lowest BCUT2D eigenvalue weighted by Gasteiger charge is -2.34. The molecule has 0 radical (unpaired) electrons. The molecule has 1 fully saturated rings. The van der Waals surface area contributed by atoms with Crippen molar-refractivity contribution >= 4 is 34.7 Å². The summed E-state index contributed by atoms with van der Waals surface area (Å²) >= 11 is 7.53. The van der Waals surface area contributed by atoms with E-state index in [0.29, 0.717) is 16.5 Å². The predicted octanol–water partition coefficient (Wildman–Crippen LogP) is 4.11. The highest BCUT2D eigenvalue weighted by molar-refractivity contribution is 7.11. The minimum Gasteiger partial charge on any atom is -0.466 e. The van der Waals surface area contributed by atoms with E-state index in [1.807, 2.05) is 0 Å². The second kappa shape index (κ2) is 9.02. The van der Waals surface area contributed by atoms with Gasteiger partial charge in [-0.15, -0.1) is 11.3 Å². The number of nitrogens with zero attached hydrogens (tertiary/aromatic N) is 2. The molecule has 1 saturated carbocycles. The van der Waals surface area contributed by atoms with Crippen molar-refractivity contribution in [2.75, 3.05) is 7.11 Å². The largest absolute Gasteiger partial charge is 0.466 e. The zero-order valence-corrected chi connectivity index (χ0v) is 18.3. The molecular formula is C21H21ClF2N4O2S. The molecule has 6 nitrogen and oxygen atoms in total. The van der Waals surface area contributed by atoms with Crippen LogP contribution in [0.2, 0.25) is 5.02 Å². The molecule has 1 aliphatic carbocycles. The van der Waals surface area contributed by atoms with Crippen molar-refractivity contribution < 1.29 is 18.3 Å². The fourth-order valence-corrected chi connectivity index (χ4v) is 4.90. The van der Waals surface area contributed by atoms with E-state index in [0.717, 1.165) is 31.7 Å². The van der Waals surface area contributed by atoms with E-state index >= 15 is 0 Å². The normalized spacial score (nSPS) is 23.9. The molecular weight excluding hydrogens is 446 g/mol. The monoisotopic (exact) mass is 466 g/mol. The molecule has 0 bridgehead atoms. The van der Waals surface area contributed by atoms with Crippen molar-refractivity contribution in [1.82, 2.24) is 10.3 Å². The summed E-state index contributed by atoms with van der Waals surface area (Å²) in [5.74, 6) is -2.41. The molecule has 1 aromatic heterocycles. The van der Waals surface area contributed by atoms with Crippen LogP contribution in [-0.2, 0) is 9.53 Å². The number of hydrogen-bond acceptors (Lipinski definition) is 7. The SMILES string of the molecule is COC(=O)C1=C([C@H]2CC[C@H](N)CC2)NC(c2nccs2)=NC1c1ccc(F)c(F)c1Cl. The number of halogens is 3. The Kier molecular flexibility index (Phi) is 6.36. The van der Waals surface area contributed by atoms with Gasteiger partial charge in [0.2, 0.25) is 0 Å². The summed E-state index contributed by atoms with van der Waals surface area (Å²) in [6.07, 6.45) is 4.80. The Morgan fingerprint density at radius 3 is 2.68 bits per heavy atom. The van der Waals surface area contributed by atoms with E-state index in [4.69, 9.17) is 22.1 Å². The number of hydrogen-bond donors (Lipinski definition) is 2. The maximum atomic E-state index is 14.3. The lowest BCUT2D eigenvalue weighted by molar-refractivity contribution is -0.136. The van der Waals surface area contributed by atoms with Crippen LogP contribution in [0, 0.1) is 17.6 Å². The summed E-state index contributed by atoms with van der Waals surface area (Å²) < 4.78 is 33.1. The molecule has 1 unspecified atom stereocenters. The minimum absolute atomic E-state index is 0.00549. The smallest absolute Gasteiger partial charge is 0.338 e. The number of thiazole rings is 1. The third-order valence-corrected chi connectivity index (χ3v) is 6.82. The number of nitrogens with one attached hydrogen (secondary N) is 1. The van der Waals surface area contributed by atoms with Crippen molar-refractivity contribution in [3.05, 3.63) is 62.2 Å². The van der Waals surface area contributed by atoms with E-state index in [2.05, 4.69) is 15.3 Å². The Bertz CT molecular complexity index is 1050. The summed E-state index contributed by atoms with van der Waals surface area (Å²) in [7, 11) is 1.27. The van der Waals surface area contributed by atoms with Crippen LogP contribution in [0.4, 0.5) is 8.78 Å². The van der Waals surface area contributed by atoms with Crippen LogP contribution in [0.5, 0.6) is 0 Å². The Balaban J connectivity index is 1.89. The summed E-state index contributed by atoms with van der Waals surface area (Å²) in [6, 6.07) is 1.47. The zero-order chi connectivity index (χ0) is 22.1. The molecule has 164 valence electrons.